The van der Waals surface area contributed by atoms with E-state index in [9.17, 15) is 19.2 Å². The first-order chi connectivity index (χ1) is 19.2. The van der Waals surface area contributed by atoms with E-state index in [2.05, 4.69) is 46.1 Å². The second kappa shape index (κ2) is 20.2. The lowest BCUT2D eigenvalue weighted by molar-refractivity contribution is -0.146. The molecule has 0 aliphatic carbocycles. The molecule has 0 aliphatic rings. The fourth-order valence-electron chi connectivity index (χ4n) is 2.19. The van der Waals surface area contributed by atoms with Crippen LogP contribution in [0.25, 0.3) is 0 Å². The molecule has 0 fully saturated rings. The smallest absolute Gasteiger partial charge is 0.318 e. The van der Waals surface area contributed by atoms with Gasteiger partial charge in [-0.05, 0) is 13.8 Å². The van der Waals surface area contributed by atoms with E-state index in [0.717, 1.165) is 0 Å². The highest BCUT2D eigenvalue weighted by Crippen LogP contribution is 2.09. The number of carbonyl (C=O) groups excluding carboxylic acids is 4. The minimum Gasteiger partial charge on any atom is -0.487 e. The Morgan fingerprint density at radius 1 is 0.390 bits per heavy atom. The number of ether oxygens (including phenoxy) is 8. The number of hydrogen-bond donors (Lipinski definition) is 0. The van der Waals surface area contributed by atoms with Gasteiger partial charge in [-0.25, -0.2) is 0 Å². The molecule has 0 aromatic rings. The van der Waals surface area contributed by atoms with E-state index in [4.69, 9.17) is 37.9 Å². The van der Waals surface area contributed by atoms with Gasteiger partial charge in [0.05, 0.1) is 0 Å². The molecule has 0 saturated heterocycles. The standard InChI is InChI=1S/C29H38O12/c1-19(30)10-28(32)40-17-26(8)38-15-24(6)36-13-22(4)34-12-21(3)35-14-23(5)37-16-25(7)39-18-27(9)41-29(33)11-20(2)31/h3-18H2,1-2H3. The second-order valence-corrected chi connectivity index (χ2v) is 8.40. The van der Waals surface area contributed by atoms with Crippen LogP contribution in [-0.2, 0) is 57.1 Å². The number of hydrogen-bond acceptors (Lipinski definition) is 12. The van der Waals surface area contributed by atoms with E-state index in [-0.39, 0.29) is 111 Å². The maximum Gasteiger partial charge on any atom is 0.318 e. The lowest BCUT2D eigenvalue weighted by Gasteiger charge is -2.16. The molecule has 12 heteroatoms. The third-order valence-electron chi connectivity index (χ3n) is 4.06. The van der Waals surface area contributed by atoms with Gasteiger partial charge >= 0.3 is 11.9 Å². The Morgan fingerprint density at radius 3 is 0.927 bits per heavy atom. The summed E-state index contributed by atoms with van der Waals surface area (Å²) in [6, 6.07) is 0. The first-order valence-corrected chi connectivity index (χ1v) is 12.0. The zero-order valence-corrected chi connectivity index (χ0v) is 23.7. The zero-order chi connectivity index (χ0) is 31.4. The number of rotatable bonds is 25. The molecule has 0 aliphatic heterocycles. The highest BCUT2D eigenvalue weighted by Gasteiger charge is 2.11. The first-order valence-electron chi connectivity index (χ1n) is 12.0. The van der Waals surface area contributed by atoms with E-state index in [0.29, 0.717) is 0 Å². The van der Waals surface area contributed by atoms with Crippen molar-refractivity contribution in [2.75, 3.05) is 46.2 Å². The molecule has 0 N–H and O–H groups in total. The molecule has 41 heavy (non-hydrogen) atoms. The lowest BCUT2D eigenvalue weighted by atomic mass is 10.3. The molecule has 0 bridgehead atoms. The quantitative estimate of drug-likeness (QED) is 0.0885. The summed E-state index contributed by atoms with van der Waals surface area (Å²) < 4.78 is 41.8. The monoisotopic (exact) mass is 578 g/mol. The highest BCUT2D eigenvalue weighted by atomic mass is 16.6. The molecule has 0 aromatic carbocycles. The van der Waals surface area contributed by atoms with Gasteiger partial charge in [-0.1, -0.05) is 46.1 Å². The molecule has 0 saturated carbocycles. The van der Waals surface area contributed by atoms with Crippen LogP contribution in [0.5, 0.6) is 0 Å². The van der Waals surface area contributed by atoms with E-state index in [1.165, 1.54) is 13.8 Å². The van der Waals surface area contributed by atoms with Gasteiger partial charge in [-0.2, -0.15) is 0 Å². The summed E-state index contributed by atoms with van der Waals surface area (Å²) in [6.45, 7) is 27.7. The van der Waals surface area contributed by atoms with Crippen molar-refractivity contribution in [3.8, 4) is 0 Å². The Hall–Kier alpha value is -4.74. The van der Waals surface area contributed by atoms with Gasteiger partial charge in [0.1, 0.15) is 111 Å². The lowest BCUT2D eigenvalue weighted by Crippen LogP contribution is -2.13. The van der Waals surface area contributed by atoms with Crippen LogP contribution in [0, 0.1) is 0 Å². The Bertz CT molecular complexity index is 1050. The fourth-order valence-corrected chi connectivity index (χ4v) is 2.19. The van der Waals surface area contributed by atoms with Gasteiger partial charge in [0.2, 0.25) is 0 Å². The third-order valence-corrected chi connectivity index (χ3v) is 4.06. The average molecular weight is 579 g/mol. The molecule has 0 heterocycles. The highest BCUT2D eigenvalue weighted by molar-refractivity contribution is 5.94. The van der Waals surface area contributed by atoms with Crippen molar-refractivity contribution in [2.45, 2.75) is 26.7 Å². The van der Waals surface area contributed by atoms with E-state index < -0.39 is 11.9 Å². The molecule has 0 unspecified atom stereocenters. The van der Waals surface area contributed by atoms with Crippen molar-refractivity contribution < 1.29 is 57.1 Å². The van der Waals surface area contributed by atoms with Crippen LogP contribution in [0.1, 0.15) is 26.7 Å². The Kier molecular flexibility index (Phi) is 17.9. The molecular formula is C29H38O12. The Labute approximate surface area is 240 Å². The number of carbonyl (C=O) groups is 4. The van der Waals surface area contributed by atoms with Crippen LogP contribution < -0.4 is 0 Å². The summed E-state index contributed by atoms with van der Waals surface area (Å²) in [4.78, 5) is 44.5. The topological polar surface area (TPSA) is 142 Å². The summed E-state index contributed by atoms with van der Waals surface area (Å²) in [5, 5.41) is 0. The maximum atomic E-state index is 11.4. The average Bonchev–Trinajstić information content (AvgIpc) is 2.88. The van der Waals surface area contributed by atoms with Gasteiger partial charge in [-0.3, -0.25) is 19.2 Å². The van der Waals surface area contributed by atoms with Crippen molar-refractivity contribution in [2.24, 2.45) is 0 Å². The van der Waals surface area contributed by atoms with Crippen molar-refractivity contribution in [3.05, 3.63) is 86.4 Å². The summed E-state index contributed by atoms with van der Waals surface area (Å²) in [5.41, 5.74) is 0. The normalized spacial score (nSPS) is 9.71. The van der Waals surface area contributed by atoms with E-state index >= 15 is 0 Å². The molecule has 0 amide bonds. The van der Waals surface area contributed by atoms with Crippen molar-refractivity contribution >= 4 is 23.5 Å². The third kappa shape index (κ3) is 21.8. The predicted octanol–water partition coefficient (Wildman–Crippen LogP) is 3.73. The summed E-state index contributed by atoms with van der Waals surface area (Å²) in [5.74, 6) is -0.567. The van der Waals surface area contributed by atoms with Gasteiger partial charge in [0.15, 0.2) is 0 Å². The molecule has 226 valence electrons. The molecule has 0 spiro atoms. The number of Topliss-reactive ketones (excluding diaryl/α,β-unsaturated/α-hetero) is 2. The van der Waals surface area contributed by atoms with Crippen molar-refractivity contribution in [1.29, 1.82) is 0 Å². The molecule has 0 atom stereocenters. The van der Waals surface area contributed by atoms with Gasteiger partial charge in [0.25, 0.3) is 0 Å². The van der Waals surface area contributed by atoms with Crippen molar-refractivity contribution in [3.63, 3.8) is 0 Å². The summed E-state index contributed by atoms with van der Waals surface area (Å²) in [6.07, 6.45) is -0.668. The van der Waals surface area contributed by atoms with Gasteiger partial charge in [0, 0.05) is 0 Å². The molecular weight excluding hydrogens is 540 g/mol. The second-order valence-electron chi connectivity index (χ2n) is 8.40. The fraction of sp³-hybridized carbons (Fsp3) is 0.379. The number of ketones is 2. The van der Waals surface area contributed by atoms with Gasteiger partial charge in [-0.15, -0.1) is 0 Å². The Morgan fingerprint density at radius 2 is 0.634 bits per heavy atom. The minimum atomic E-state index is -0.720. The first kappa shape index (κ1) is 36.3. The van der Waals surface area contributed by atoms with Crippen LogP contribution >= 0.6 is 0 Å². The Balaban J connectivity index is 3.99. The van der Waals surface area contributed by atoms with Gasteiger partial charge < -0.3 is 37.9 Å². The number of esters is 2. The zero-order valence-electron chi connectivity index (χ0n) is 23.7. The van der Waals surface area contributed by atoms with E-state index in [1.54, 1.807) is 0 Å². The van der Waals surface area contributed by atoms with Crippen LogP contribution in [0.15, 0.2) is 86.4 Å². The van der Waals surface area contributed by atoms with Crippen LogP contribution in [0.4, 0.5) is 0 Å². The molecule has 0 aromatic heterocycles. The summed E-state index contributed by atoms with van der Waals surface area (Å²) >= 11 is 0. The van der Waals surface area contributed by atoms with Crippen LogP contribution in [0.2, 0.25) is 0 Å². The molecule has 0 rings (SSSR count). The largest absolute Gasteiger partial charge is 0.487 e. The maximum absolute atomic E-state index is 11.4. The minimum absolute atomic E-state index is 0.0127. The van der Waals surface area contributed by atoms with Crippen LogP contribution in [0.3, 0.4) is 0 Å². The summed E-state index contributed by atoms with van der Waals surface area (Å²) in [7, 11) is 0. The molecule has 12 nitrogen and oxygen atoms in total. The molecule has 0 radical (unpaired) electrons. The van der Waals surface area contributed by atoms with E-state index in [1.807, 2.05) is 0 Å². The SMILES string of the molecule is C=C(COC(=C)COC(=C)COC(=C)COC(=O)CC(C)=O)OCC(=C)OCC(=C)OCC(=C)OC(=O)CC(C)=O. The van der Waals surface area contributed by atoms with Crippen LogP contribution in [-0.4, -0.2) is 69.8 Å². The predicted molar refractivity (Wildman–Crippen MR) is 147 cm³/mol. The van der Waals surface area contributed by atoms with Crippen molar-refractivity contribution in [1.82, 2.24) is 0 Å².